The van der Waals surface area contributed by atoms with E-state index in [9.17, 15) is 0 Å². The summed E-state index contributed by atoms with van der Waals surface area (Å²) in [4.78, 5) is 8.81. The molecule has 0 unspecified atom stereocenters. The first kappa shape index (κ1) is 16.2. The van der Waals surface area contributed by atoms with Crippen molar-refractivity contribution in [3.63, 3.8) is 0 Å². The van der Waals surface area contributed by atoms with E-state index in [4.69, 9.17) is 4.74 Å². The molecule has 1 saturated carbocycles. The third kappa shape index (κ3) is 6.01. The van der Waals surface area contributed by atoms with Crippen LogP contribution >= 0.6 is 11.3 Å². The monoisotopic (exact) mass is 310 g/mol. The standard InChI is InChI=1S/C15H26N4OS/c1-11(2)13-10-21-14(19-13)8-18-15(16-3)17-6-7-20-9-12-4-5-12/h10-12H,4-9H2,1-3H3,(H2,16,17,18). The van der Waals surface area contributed by atoms with E-state index in [0.29, 0.717) is 12.5 Å². The van der Waals surface area contributed by atoms with Crippen LogP contribution in [0, 0.1) is 5.92 Å². The number of ether oxygens (including phenoxy) is 1. The maximum Gasteiger partial charge on any atom is 0.191 e. The molecule has 0 saturated heterocycles. The van der Waals surface area contributed by atoms with Gasteiger partial charge in [-0.1, -0.05) is 13.8 Å². The SMILES string of the molecule is CN=C(NCCOCC1CC1)NCc1nc(C(C)C)cs1. The summed E-state index contributed by atoms with van der Waals surface area (Å²) >= 11 is 1.69. The van der Waals surface area contributed by atoms with Crippen LogP contribution in [-0.2, 0) is 11.3 Å². The van der Waals surface area contributed by atoms with Crippen LogP contribution < -0.4 is 10.6 Å². The molecule has 1 fully saturated rings. The average molecular weight is 310 g/mol. The molecule has 1 heterocycles. The fourth-order valence-electron chi connectivity index (χ4n) is 1.83. The summed E-state index contributed by atoms with van der Waals surface area (Å²) in [5, 5.41) is 9.75. The Morgan fingerprint density at radius 3 is 2.90 bits per heavy atom. The summed E-state index contributed by atoms with van der Waals surface area (Å²) in [5.74, 6) is 2.10. The van der Waals surface area contributed by atoms with Crippen LogP contribution in [0.3, 0.4) is 0 Å². The van der Waals surface area contributed by atoms with Crippen molar-refractivity contribution in [1.82, 2.24) is 15.6 Å². The Balaban J connectivity index is 1.61. The van der Waals surface area contributed by atoms with Gasteiger partial charge in [-0.3, -0.25) is 4.99 Å². The molecule has 0 amide bonds. The third-order valence-electron chi connectivity index (χ3n) is 3.38. The zero-order valence-electron chi connectivity index (χ0n) is 13.2. The van der Waals surface area contributed by atoms with Crippen molar-refractivity contribution in [3.8, 4) is 0 Å². The number of hydrogen-bond donors (Lipinski definition) is 2. The van der Waals surface area contributed by atoms with E-state index in [2.05, 4.69) is 39.8 Å². The Morgan fingerprint density at radius 2 is 2.29 bits per heavy atom. The van der Waals surface area contributed by atoms with Crippen molar-refractivity contribution in [2.75, 3.05) is 26.8 Å². The molecule has 2 N–H and O–H groups in total. The lowest BCUT2D eigenvalue weighted by Gasteiger charge is -2.11. The molecule has 118 valence electrons. The van der Waals surface area contributed by atoms with Gasteiger partial charge in [-0.15, -0.1) is 11.3 Å². The fourth-order valence-corrected chi connectivity index (χ4v) is 2.72. The van der Waals surface area contributed by atoms with Crippen molar-refractivity contribution in [2.45, 2.75) is 39.2 Å². The summed E-state index contributed by atoms with van der Waals surface area (Å²) in [6.07, 6.45) is 2.67. The highest BCUT2D eigenvalue weighted by Crippen LogP contribution is 2.28. The van der Waals surface area contributed by atoms with Crippen molar-refractivity contribution in [1.29, 1.82) is 0 Å². The third-order valence-corrected chi connectivity index (χ3v) is 4.25. The van der Waals surface area contributed by atoms with Crippen LogP contribution in [0.15, 0.2) is 10.4 Å². The molecule has 1 aliphatic rings. The van der Waals surface area contributed by atoms with Gasteiger partial charge in [-0.25, -0.2) is 4.98 Å². The molecule has 2 rings (SSSR count). The van der Waals surface area contributed by atoms with Gasteiger partial charge in [0.2, 0.25) is 0 Å². The predicted molar refractivity (Wildman–Crippen MR) is 87.9 cm³/mol. The van der Waals surface area contributed by atoms with Gasteiger partial charge in [0.05, 0.1) is 18.8 Å². The largest absolute Gasteiger partial charge is 0.379 e. The highest BCUT2D eigenvalue weighted by molar-refractivity contribution is 7.09. The molecule has 1 aromatic heterocycles. The van der Waals surface area contributed by atoms with Crippen molar-refractivity contribution in [2.24, 2.45) is 10.9 Å². The van der Waals surface area contributed by atoms with Crippen molar-refractivity contribution >= 4 is 17.3 Å². The zero-order chi connectivity index (χ0) is 15.1. The number of nitrogens with one attached hydrogen (secondary N) is 2. The topological polar surface area (TPSA) is 58.5 Å². The summed E-state index contributed by atoms with van der Waals surface area (Å²) in [5.41, 5.74) is 1.16. The highest BCUT2D eigenvalue weighted by Gasteiger charge is 2.20. The number of rotatable bonds is 8. The lowest BCUT2D eigenvalue weighted by atomic mass is 10.2. The second kappa shape index (κ2) is 8.34. The molecule has 0 radical (unpaired) electrons. The van der Waals surface area contributed by atoms with Gasteiger partial charge in [0.15, 0.2) is 5.96 Å². The number of guanidine groups is 1. The number of aliphatic imine (C=N–C) groups is 1. The first-order chi connectivity index (χ1) is 10.2. The first-order valence-electron chi connectivity index (χ1n) is 7.65. The van der Waals surface area contributed by atoms with Gasteiger partial charge in [0, 0.05) is 25.6 Å². The van der Waals surface area contributed by atoms with E-state index in [-0.39, 0.29) is 0 Å². The van der Waals surface area contributed by atoms with E-state index in [1.165, 1.54) is 12.8 Å². The summed E-state index contributed by atoms with van der Waals surface area (Å²) in [6, 6.07) is 0. The lowest BCUT2D eigenvalue weighted by molar-refractivity contribution is 0.129. The van der Waals surface area contributed by atoms with E-state index >= 15 is 0 Å². The van der Waals surface area contributed by atoms with E-state index in [1.807, 2.05) is 0 Å². The minimum absolute atomic E-state index is 0.482. The quantitative estimate of drug-likeness (QED) is 0.440. The van der Waals surface area contributed by atoms with Crippen LogP contribution in [0.1, 0.15) is 43.3 Å². The number of aromatic nitrogens is 1. The number of thiazole rings is 1. The molecule has 1 aromatic rings. The van der Waals surface area contributed by atoms with Gasteiger partial charge in [-0.2, -0.15) is 0 Å². The molecule has 0 aliphatic heterocycles. The first-order valence-corrected chi connectivity index (χ1v) is 8.53. The van der Waals surface area contributed by atoms with Gasteiger partial charge in [0.25, 0.3) is 0 Å². The van der Waals surface area contributed by atoms with Crippen molar-refractivity contribution in [3.05, 3.63) is 16.1 Å². The van der Waals surface area contributed by atoms with Crippen LogP contribution in [0.2, 0.25) is 0 Å². The maximum absolute atomic E-state index is 5.59. The summed E-state index contributed by atoms with van der Waals surface area (Å²) in [6.45, 7) is 7.45. The van der Waals surface area contributed by atoms with E-state index in [1.54, 1.807) is 18.4 Å². The highest BCUT2D eigenvalue weighted by atomic mass is 32.1. The van der Waals surface area contributed by atoms with Gasteiger partial charge >= 0.3 is 0 Å². The predicted octanol–water partition coefficient (Wildman–Crippen LogP) is 2.36. The zero-order valence-corrected chi connectivity index (χ0v) is 14.0. The average Bonchev–Trinajstić information content (AvgIpc) is 3.17. The molecule has 0 atom stereocenters. The lowest BCUT2D eigenvalue weighted by Crippen LogP contribution is -2.38. The Labute approximate surface area is 131 Å². The Kier molecular flexibility index (Phi) is 6.45. The van der Waals surface area contributed by atoms with E-state index in [0.717, 1.165) is 42.3 Å². The second-order valence-electron chi connectivity index (χ2n) is 5.69. The Hall–Kier alpha value is -1.14. The summed E-state index contributed by atoms with van der Waals surface area (Å²) in [7, 11) is 1.78. The van der Waals surface area contributed by atoms with Gasteiger partial charge in [-0.05, 0) is 24.7 Å². The normalized spacial score (nSPS) is 15.5. The molecule has 5 nitrogen and oxygen atoms in total. The molecule has 1 aliphatic carbocycles. The number of hydrogen-bond acceptors (Lipinski definition) is 4. The Bertz CT molecular complexity index is 454. The maximum atomic E-state index is 5.59. The van der Waals surface area contributed by atoms with Gasteiger partial charge in [0.1, 0.15) is 5.01 Å². The van der Waals surface area contributed by atoms with Crippen LogP contribution in [0.4, 0.5) is 0 Å². The molecule has 0 spiro atoms. The molecular formula is C15H26N4OS. The molecule has 6 heteroatoms. The van der Waals surface area contributed by atoms with Gasteiger partial charge < -0.3 is 15.4 Å². The van der Waals surface area contributed by atoms with Crippen molar-refractivity contribution < 1.29 is 4.74 Å². The molecule has 21 heavy (non-hydrogen) atoms. The second-order valence-corrected chi connectivity index (χ2v) is 6.63. The summed E-state index contributed by atoms with van der Waals surface area (Å²) < 4.78 is 5.59. The van der Waals surface area contributed by atoms with E-state index < -0.39 is 0 Å². The minimum atomic E-state index is 0.482. The molecular weight excluding hydrogens is 284 g/mol. The molecule has 0 aromatic carbocycles. The smallest absolute Gasteiger partial charge is 0.191 e. The number of nitrogens with zero attached hydrogens (tertiary/aromatic N) is 2. The fraction of sp³-hybridized carbons (Fsp3) is 0.733. The molecule has 0 bridgehead atoms. The van der Waals surface area contributed by atoms with Crippen LogP contribution in [0.25, 0.3) is 0 Å². The van der Waals surface area contributed by atoms with Crippen LogP contribution in [-0.4, -0.2) is 37.7 Å². The van der Waals surface area contributed by atoms with Crippen LogP contribution in [0.5, 0.6) is 0 Å². The Morgan fingerprint density at radius 1 is 1.48 bits per heavy atom. The minimum Gasteiger partial charge on any atom is -0.379 e.